The van der Waals surface area contributed by atoms with Crippen molar-refractivity contribution in [3.63, 3.8) is 0 Å². The van der Waals surface area contributed by atoms with E-state index < -0.39 is 11.8 Å². The zero-order valence-corrected chi connectivity index (χ0v) is 20.9. The predicted octanol–water partition coefficient (Wildman–Crippen LogP) is 7.92. The molecule has 3 rings (SSSR count). The van der Waals surface area contributed by atoms with Gasteiger partial charge in [-0.25, -0.2) is 9.18 Å². The van der Waals surface area contributed by atoms with Crippen molar-refractivity contribution < 1.29 is 13.9 Å². The van der Waals surface area contributed by atoms with Gasteiger partial charge in [-0.1, -0.05) is 82.3 Å². The van der Waals surface area contributed by atoms with Crippen LogP contribution < -0.4 is 4.74 Å². The summed E-state index contributed by atoms with van der Waals surface area (Å²) in [5.74, 6) is -1.33. The highest BCUT2D eigenvalue weighted by molar-refractivity contribution is 5.92. The summed E-state index contributed by atoms with van der Waals surface area (Å²) in [6.45, 7) is 4.18. The average Bonchev–Trinajstić information content (AvgIpc) is 2.89. The fourth-order valence-electron chi connectivity index (χ4n) is 4.25. The van der Waals surface area contributed by atoms with Gasteiger partial charge in [0.25, 0.3) is 0 Å². The molecule has 0 amide bonds. The van der Waals surface area contributed by atoms with E-state index in [1.54, 1.807) is 12.1 Å². The van der Waals surface area contributed by atoms with Gasteiger partial charge in [0, 0.05) is 5.56 Å². The van der Waals surface area contributed by atoms with Crippen LogP contribution in [0.15, 0.2) is 54.6 Å². The Morgan fingerprint density at radius 3 is 2.19 bits per heavy atom. The molecule has 184 valence electrons. The molecule has 0 aliphatic rings. The van der Waals surface area contributed by atoms with Crippen LogP contribution in [0, 0.1) is 28.5 Å². The molecule has 0 bridgehead atoms. The van der Waals surface area contributed by atoms with Crippen LogP contribution in [0.5, 0.6) is 5.75 Å². The number of carbonyl (C=O) groups excluding carboxylic acids is 1. The number of carbonyl (C=O) groups is 1. The van der Waals surface area contributed by atoms with Crippen LogP contribution in [0.3, 0.4) is 0 Å². The van der Waals surface area contributed by atoms with E-state index >= 15 is 0 Å². The SMILES string of the molecule is CCCCCCCc1ccc(-c2ccc(C(=O)Oc3ccc(CCC)c(C#N)c3C#N)cc2F)cc1. The summed E-state index contributed by atoms with van der Waals surface area (Å²) in [5, 5.41) is 19.1. The van der Waals surface area contributed by atoms with Gasteiger partial charge in [0.1, 0.15) is 29.3 Å². The Morgan fingerprint density at radius 1 is 0.833 bits per heavy atom. The Labute approximate surface area is 213 Å². The highest BCUT2D eigenvalue weighted by Gasteiger charge is 2.19. The molecule has 0 aliphatic heterocycles. The number of ether oxygens (including phenoxy) is 1. The minimum atomic E-state index is -0.789. The molecule has 0 fully saturated rings. The first-order chi connectivity index (χ1) is 17.5. The third-order valence-electron chi connectivity index (χ3n) is 6.24. The smallest absolute Gasteiger partial charge is 0.343 e. The second-order valence-electron chi connectivity index (χ2n) is 8.89. The molecule has 0 aromatic heterocycles. The van der Waals surface area contributed by atoms with Gasteiger partial charge in [0.15, 0.2) is 0 Å². The fraction of sp³-hybridized carbons (Fsp3) is 0.323. The second-order valence-corrected chi connectivity index (χ2v) is 8.89. The summed E-state index contributed by atoms with van der Waals surface area (Å²) >= 11 is 0. The normalized spacial score (nSPS) is 10.5. The van der Waals surface area contributed by atoms with Crippen molar-refractivity contribution in [2.75, 3.05) is 0 Å². The van der Waals surface area contributed by atoms with Gasteiger partial charge in [-0.2, -0.15) is 10.5 Å². The number of hydrogen-bond acceptors (Lipinski definition) is 4. The fourth-order valence-corrected chi connectivity index (χ4v) is 4.25. The van der Waals surface area contributed by atoms with E-state index in [0.717, 1.165) is 36.5 Å². The molecule has 0 saturated carbocycles. The summed E-state index contributed by atoms with van der Waals surface area (Å²) in [5.41, 5.74) is 3.34. The highest BCUT2D eigenvalue weighted by atomic mass is 19.1. The van der Waals surface area contributed by atoms with E-state index in [1.807, 2.05) is 43.3 Å². The Hall–Kier alpha value is -3.96. The molecule has 3 aromatic rings. The monoisotopic (exact) mass is 482 g/mol. The maximum atomic E-state index is 15.0. The molecular formula is C31H31FN2O2. The van der Waals surface area contributed by atoms with E-state index in [2.05, 4.69) is 6.92 Å². The van der Waals surface area contributed by atoms with Gasteiger partial charge in [0.05, 0.1) is 11.1 Å². The number of rotatable bonds is 11. The third kappa shape index (κ3) is 6.58. The lowest BCUT2D eigenvalue weighted by molar-refractivity contribution is 0.0733. The molecule has 0 saturated heterocycles. The van der Waals surface area contributed by atoms with Gasteiger partial charge in [-0.05, 0) is 54.2 Å². The van der Waals surface area contributed by atoms with Crippen molar-refractivity contribution in [1.29, 1.82) is 10.5 Å². The molecule has 0 aliphatic carbocycles. The first kappa shape index (κ1) is 26.6. The minimum Gasteiger partial charge on any atom is -0.421 e. The Balaban J connectivity index is 1.72. The van der Waals surface area contributed by atoms with Crippen LogP contribution in [-0.2, 0) is 12.8 Å². The maximum Gasteiger partial charge on any atom is 0.343 e. The third-order valence-corrected chi connectivity index (χ3v) is 6.24. The van der Waals surface area contributed by atoms with Crippen LogP contribution in [0.4, 0.5) is 4.39 Å². The zero-order valence-electron chi connectivity index (χ0n) is 20.9. The number of hydrogen-bond donors (Lipinski definition) is 0. The summed E-state index contributed by atoms with van der Waals surface area (Å²) < 4.78 is 20.4. The molecule has 4 nitrogen and oxygen atoms in total. The minimum absolute atomic E-state index is 0.00586. The number of nitriles is 2. The van der Waals surface area contributed by atoms with Crippen LogP contribution in [0.25, 0.3) is 11.1 Å². The van der Waals surface area contributed by atoms with E-state index in [0.29, 0.717) is 12.0 Å². The van der Waals surface area contributed by atoms with Gasteiger partial charge >= 0.3 is 5.97 Å². The van der Waals surface area contributed by atoms with Crippen molar-refractivity contribution in [3.8, 4) is 29.0 Å². The van der Waals surface area contributed by atoms with E-state index in [1.165, 1.54) is 43.4 Å². The van der Waals surface area contributed by atoms with Crippen molar-refractivity contribution >= 4 is 5.97 Å². The molecule has 0 radical (unpaired) electrons. The molecule has 0 unspecified atom stereocenters. The Kier molecular flexibility index (Phi) is 9.78. The summed E-state index contributed by atoms with van der Waals surface area (Å²) in [6.07, 6.45) is 8.59. The molecule has 0 heterocycles. The summed E-state index contributed by atoms with van der Waals surface area (Å²) in [7, 11) is 0. The Bertz CT molecular complexity index is 1280. The number of benzene rings is 3. The number of unbranched alkanes of at least 4 members (excludes halogenated alkanes) is 4. The summed E-state index contributed by atoms with van der Waals surface area (Å²) in [6, 6.07) is 19.3. The van der Waals surface area contributed by atoms with Crippen LogP contribution >= 0.6 is 0 Å². The molecular weight excluding hydrogens is 451 g/mol. The largest absolute Gasteiger partial charge is 0.421 e. The van der Waals surface area contributed by atoms with E-state index in [-0.39, 0.29) is 22.4 Å². The van der Waals surface area contributed by atoms with E-state index in [9.17, 15) is 19.7 Å². The van der Waals surface area contributed by atoms with Gasteiger partial charge in [-0.3, -0.25) is 0 Å². The quantitative estimate of drug-likeness (QED) is 0.158. The van der Waals surface area contributed by atoms with Gasteiger partial charge in [0.2, 0.25) is 0 Å². The molecule has 0 spiro atoms. The lowest BCUT2D eigenvalue weighted by atomic mass is 9.98. The maximum absolute atomic E-state index is 15.0. The molecule has 3 aromatic carbocycles. The average molecular weight is 483 g/mol. The number of halogens is 1. The number of esters is 1. The van der Waals surface area contributed by atoms with Gasteiger partial charge < -0.3 is 4.74 Å². The van der Waals surface area contributed by atoms with Crippen molar-refractivity contribution in [2.24, 2.45) is 0 Å². The molecule has 0 N–H and O–H groups in total. The van der Waals surface area contributed by atoms with E-state index in [4.69, 9.17) is 4.74 Å². The number of nitrogens with zero attached hydrogens (tertiary/aromatic N) is 2. The topological polar surface area (TPSA) is 73.9 Å². The first-order valence-electron chi connectivity index (χ1n) is 12.6. The molecule has 36 heavy (non-hydrogen) atoms. The predicted molar refractivity (Wildman–Crippen MR) is 139 cm³/mol. The van der Waals surface area contributed by atoms with Crippen LogP contribution in [0.1, 0.15) is 85.0 Å². The Morgan fingerprint density at radius 2 is 1.56 bits per heavy atom. The lowest BCUT2D eigenvalue weighted by Gasteiger charge is -2.11. The van der Waals surface area contributed by atoms with Crippen LogP contribution in [-0.4, -0.2) is 5.97 Å². The van der Waals surface area contributed by atoms with Crippen LogP contribution in [0.2, 0.25) is 0 Å². The highest BCUT2D eigenvalue weighted by Crippen LogP contribution is 2.28. The van der Waals surface area contributed by atoms with Crippen molar-refractivity contribution in [3.05, 3.63) is 88.2 Å². The van der Waals surface area contributed by atoms with Crippen molar-refractivity contribution in [2.45, 2.75) is 65.2 Å². The second kappa shape index (κ2) is 13.2. The summed E-state index contributed by atoms with van der Waals surface area (Å²) in [4.78, 5) is 12.7. The standard InChI is InChI=1S/C31H31FN2O2/c1-3-5-6-7-8-10-22-11-13-24(14-12-22)26-17-15-25(19-29(26)32)31(35)36-30-18-16-23(9-4-2)27(20-33)28(30)21-34/h11-19H,3-10H2,1-2H3. The lowest BCUT2D eigenvalue weighted by Crippen LogP contribution is -2.11. The zero-order chi connectivity index (χ0) is 25.9. The first-order valence-corrected chi connectivity index (χ1v) is 12.6. The van der Waals surface area contributed by atoms with Crippen molar-refractivity contribution in [1.82, 2.24) is 0 Å². The van der Waals surface area contributed by atoms with Gasteiger partial charge in [-0.15, -0.1) is 0 Å². The molecule has 5 heteroatoms. The number of aryl methyl sites for hydroxylation is 2. The molecule has 0 atom stereocenters.